The van der Waals surface area contributed by atoms with Crippen molar-refractivity contribution < 1.29 is 0 Å². The molecule has 3 nitrogen and oxygen atoms in total. The fraction of sp³-hybridized carbons (Fsp3) is 0.636. The quantitative estimate of drug-likeness (QED) is 0.774. The minimum absolute atomic E-state index is 1.03. The van der Waals surface area contributed by atoms with Crippen molar-refractivity contribution in [3.05, 3.63) is 23.8 Å². The molecule has 0 saturated carbocycles. The van der Waals surface area contributed by atoms with Crippen molar-refractivity contribution in [2.75, 3.05) is 31.1 Å². The SMILES string of the molecule is Cc1nccnc1CCN1CCSCC1. The van der Waals surface area contributed by atoms with Crippen LogP contribution < -0.4 is 0 Å². The Kier molecular flexibility index (Phi) is 3.97. The van der Waals surface area contributed by atoms with Gasteiger partial charge in [-0.3, -0.25) is 9.97 Å². The Hall–Kier alpha value is -0.610. The number of nitrogens with zero attached hydrogens (tertiary/aromatic N) is 3. The van der Waals surface area contributed by atoms with Gasteiger partial charge in [0.15, 0.2) is 0 Å². The van der Waals surface area contributed by atoms with Gasteiger partial charge in [-0.1, -0.05) is 0 Å². The van der Waals surface area contributed by atoms with E-state index in [4.69, 9.17) is 0 Å². The largest absolute Gasteiger partial charge is 0.301 e. The second kappa shape index (κ2) is 5.47. The molecule has 2 rings (SSSR count). The van der Waals surface area contributed by atoms with E-state index in [9.17, 15) is 0 Å². The fourth-order valence-electron chi connectivity index (χ4n) is 1.77. The van der Waals surface area contributed by atoms with Crippen molar-refractivity contribution in [2.24, 2.45) is 0 Å². The lowest BCUT2D eigenvalue weighted by Gasteiger charge is -2.25. The van der Waals surface area contributed by atoms with Crippen LogP contribution in [0.2, 0.25) is 0 Å². The molecule has 0 atom stereocenters. The predicted octanol–water partition coefficient (Wildman–Crippen LogP) is 1.38. The number of thioether (sulfide) groups is 1. The topological polar surface area (TPSA) is 29.0 Å². The molecule has 0 spiro atoms. The Bertz CT molecular complexity index is 310. The monoisotopic (exact) mass is 223 g/mol. The molecule has 1 fully saturated rings. The van der Waals surface area contributed by atoms with Crippen LogP contribution in [0, 0.1) is 6.92 Å². The van der Waals surface area contributed by atoms with Gasteiger partial charge in [0.1, 0.15) is 0 Å². The molecular formula is C11H17N3S. The van der Waals surface area contributed by atoms with E-state index in [1.54, 1.807) is 12.4 Å². The van der Waals surface area contributed by atoms with Gasteiger partial charge in [-0.05, 0) is 6.92 Å². The van der Waals surface area contributed by atoms with E-state index in [1.165, 1.54) is 24.6 Å². The molecule has 0 radical (unpaired) electrons. The van der Waals surface area contributed by atoms with Crippen LogP contribution in [0.1, 0.15) is 11.4 Å². The molecule has 0 bridgehead atoms. The zero-order chi connectivity index (χ0) is 10.5. The van der Waals surface area contributed by atoms with E-state index in [2.05, 4.69) is 26.6 Å². The van der Waals surface area contributed by atoms with Crippen LogP contribution in [0.25, 0.3) is 0 Å². The summed E-state index contributed by atoms with van der Waals surface area (Å²) in [5.41, 5.74) is 2.22. The van der Waals surface area contributed by atoms with Crippen molar-refractivity contribution in [1.82, 2.24) is 14.9 Å². The molecule has 4 heteroatoms. The van der Waals surface area contributed by atoms with Crippen LogP contribution in [-0.2, 0) is 6.42 Å². The lowest BCUT2D eigenvalue weighted by Crippen LogP contribution is -2.34. The fourth-order valence-corrected chi connectivity index (χ4v) is 2.75. The van der Waals surface area contributed by atoms with Crippen molar-refractivity contribution >= 4 is 11.8 Å². The third-order valence-electron chi connectivity index (χ3n) is 2.75. The molecule has 0 amide bonds. The first-order valence-electron chi connectivity index (χ1n) is 5.43. The molecular weight excluding hydrogens is 206 g/mol. The second-order valence-electron chi connectivity index (χ2n) is 3.79. The minimum Gasteiger partial charge on any atom is -0.301 e. The maximum atomic E-state index is 4.37. The van der Waals surface area contributed by atoms with Crippen LogP contribution in [0.4, 0.5) is 0 Å². The predicted molar refractivity (Wildman–Crippen MR) is 64.2 cm³/mol. The summed E-state index contributed by atoms with van der Waals surface area (Å²) < 4.78 is 0. The van der Waals surface area contributed by atoms with E-state index in [-0.39, 0.29) is 0 Å². The van der Waals surface area contributed by atoms with Gasteiger partial charge in [-0.2, -0.15) is 11.8 Å². The van der Waals surface area contributed by atoms with E-state index < -0.39 is 0 Å². The third kappa shape index (κ3) is 3.18. The number of rotatable bonds is 3. The highest BCUT2D eigenvalue weighted by atomic mass is 32.2. The van der Waals surface area contributed by atoms with Gasteiger partial charge < -0.3 is 4.90 Å². The van der Waals surface area contributed by atoms with Crippen LogP contribution in [0.5, 0.6) is 0 Å². The van der Waals surface area contributed by atoms with Gasteiger partial charge in [-0.15, -0.1) is 0 Å². The van der Waals surface area contributed by atoms with Crippen LogP contribution in [-0.4, -0.2) is 46.0 Å². The Morgan fingerprint density at radius 3 is 2.73 bits per heavy atom. The first-order valence-corrected chi connectivity index (χ1v) is 6.58. The second-order valence-corrected chi connectivity index (χ2v) is 5.02. The summed E-state index contributed by atoms with van der Waals surface area (Å²) in [6, 6.07) is 0. The molecule has 0 unspecified atom stereocenters. The number of hydrogen-bond acceptors (Lipinski definition) is 4. The Labute approximate surface area is 95.3 Å². The summed E-state index contributed by atoms with van der Waals surface area (Å²) in [4.78, 5) is 11.1. The van der Waals surface area contributed by atoms with Crippen molar-refractivity contribution in [3.8, 4) is 0 Å². The van der Waals surface area contributed by atoms with E-state index in [0.29, 0.717) is 0 Å². The first kappa shape index (κ1) is 10.9. The Morgan fingerprint density at radius 1 is 1.27 bits per heavy atom. The highest BCUT2D eigenvalue weighted by Gasteiger charge is 2.10. The molecule has 1 aliphatic heterocycles. The highest BCUT2D eigenvalue weighted by Crippen LogP contribution is 2.10. The summed E-state index contributed by atoms with van der Waals surface area (Å²) in [7, 11) is 0. The summed E-state index contributed by atoms with van der Waals surface area (Å²) in [5.74, 6) is 2.55. The van der Waals surface area contributed by atoms with Gasteiger partial charge in [0.05, 0.1) is 11.4 Å². The van der Waals surface area contributed by atoms with E-state index in [1.807, 2.05) is 6.92 Å². The maximum Gasteiger partial charge on any atom is 0.0628 e. The normalized spacial score (nSPS) is 17.9. The van der Waals surface area contributed by atoms with Gasteiger partial charge in [-0.25, -0.2) is 0 Å². The summed E-state index contributed by atoms with van der Waals surface area (Å²) in [6.07, 6.45) is 4.58. The van der Waals surface area contributed by atoms with Gasteiger partial charge in [0, 0.05) is 50.0 Å². The number of aromatic nitrogens is 2. The van der Waals surface area contributed by atoms with Crippen LogP contribution in [0.3, 0.4) is 0 Å². The van der Waals surface area contributed by atoms with E-state index in [0.717, 1.165) is 24.4 Å². The molecule has 1 aromatic heterocycles. The van der Waals surface area contributed by atoms with Gasteiger partial charge >= 0.3 is 0 Å². The molecule has 0 aliphatic carbocycles. The Morgan fingerprint density at radius 2 is 2.00 bits per heavy atom. The molecule has 0 aromatic carbocycles. The van der Waals surface area contributed by atoms with Gasteiger partial charge in [0.25, 0.3) is 0 Å². The van der Waals surface area contributed by atoms with Crippen molar-refractivity contribution in [2.45, 2.75) is 13.3 Å². The molecule has 2 heterocycles. The van der Waals surface area contributed by atoms with Crippen LogP contribution >= 0.6 is 11.8 Å². The lowest BCUT2D eigenvalue weighted by atomic mass is 10.2. The van der Waals surface area contributed by atoms with Crippen molar-refractivity contribution in [3.63, 3.8) is 0 Å². The molecule has 15 heavy (non-hydrogen) atoms. The minimum atomic E-state index is 1.03. The average molecular weight is 223 g/mol. The zero-order valence-electron chi connectivity index (χ0n) is 9.15. The molecule has 1 saturated heterocycles. The highest BCUT2D eigenvalue weighted by molar-refractivity contribution is 7.99. The Balaban J connectivity index is 1.84. The van der Waals surface area contributed by atoms with E-state index >= 15 is 0 Å². The maximum absolute atomic E-state index is 4.37. The molecule has 1 aliphatic rings. The molecule has 1 aromatic rings. The summed E-state index contributed by atoms with van der Waals surface area (Å²) in [5, 5.41) is 0. The summed E-state index contributed by atoms with van der Waals surface area (Å²) in [6.45, 7) is 5.61. The molecule has 0 N–H and O–H groups in total. The smallest absolute Gasteiger partial charge is 0.0628 e. The standard InChI is InChI=1S/C11H17N3S/c1-10-11(13-4-3-12-10)2-5-14-6-8-15-9-7-14/h3-4H,2,5-9H2,1H3. The summed E-state index contributed by atoms with van der Waals surface area (Å²) >= 11 is 2.05. The first-order chi connectivity index (χ1) is 7.36. The zero-order valence-corrected chi connectivity index (χ0v) is 9.96. The van der Waals surface area contributed by atoms with Gasteiger partial charge in [0.2, 0.25) is 0 Å². The lowest BCUT2D eigenvalue weighted by molar-refractivity contribution is 0.305. The number of aryl methyl sites for hydroxylation is 1. The number of hydrogen-bond donors (Lipinski definition) is 0. The van der Waals surface area contributed by atoms with Crippen LogP contribution in [0.15, 0.2) is 12.4 Å². The van der Waals surface area contributed by atoms with Crippen molar-refractivity contribution in [1.29, 1.82) is 0 Å². The molecule has 82 valence electrons. The third-order valence-corrected chi connectivity index (χ3v) is 3.69. The average Bonchev–Trinajstić information content (AvgIpc) is 2.29.